The molecule has 66 valence electrons. The average Bonchev–Trinajstić information content (AvgIpc) is 2.06. The summed E-state index contributed by atoms with van der Waals surface area (Å²) in [5, 5.41) is 0. The number of nitrogens with zero attached hydrogens (tertiary/aromatic N) is 1. The van der Waals surface area contributed by atoms with Gasteiger partial charge < -0.3 is 0 Å². The van der Waals surface area contributed by atoms with Crippen LogP contribution in [0.1, 0.15) is 0 Å². The van der Waals surface area contributed by atoms with E-state index >= 15 is 0 Å². The van der Waals surface area contributed by atoms with Crippen LogP contribution in [0.2, 0.25) is 0 Å². The molecule has 0 aliphatic carbocycles. The van der Waals surface area contributed by atoms with E-state index in [0.29, 0.717) is 0 Å². The molecule has 0 amide bonds. The van der Waals surface area contributed by atoms with Gasteiger partial charge in [0, 0.05) is 23.4 Å². The molecule has 4 nitrogen and oxygen atoms in total. The summed E-state index contributed by atoms with van der Waals surface area (Å²) in [5.74, 6) is 0. The monoisotopic (exact) mass is 222 g/mol. The Morgan fingerprint density at radius 1 is 1.58 bits per heavy atom. The highest BCUT2D eigenvalue weighted by atomic mass is 33.1. The van der Waals surface area contributed by atoms with Crippen molar-refractivity contribution in [1.29, 1.82) is 0 Å². The van der Waals surface area contributed by atoms with Crippen LogP contribution >= 0.6 is 22.6 Å². The predicted molar refractivity (Wildman–Crippen MR) is 51.1 cm³/mol. The molecular formula is C5H6N2O2S3. The number of hydrogen-bond acceptors (Lipinski definition) is 5. The zero-order valence-electron chi connectivity index (χ0n) is 5.84. The summed E-state index contributed by atoms with van der Waals surface area (Å²) in [5.41, 5.74) is 0. The van der Waals surface area contributed by atoms with Gasteiger partial charge in [-0.05, 0) is 12.1 Å². The summed E-state index contributed by atoms with van der Waals surface area (Å²) in [4.78, 5) is 3.81. The van der Waals surface area contributed by atoms with E-state index in [-0.39, 0.29) is 4.90 Å². The van der Waals surface area contributed by atoms with Crippen molar-refractivity contribution in [2.45, 2.75) is 4.90 Å². The fourth-order valence-corrected chi connectivity index (χ4v) is 2.72. The van der Waals surface area contributed by atoms with Gasteiger partial charge in [-0.3, -0.25) is 4.98 Å². The van der Waals surface area contributed by atoms with Gasteiger partial charge in [0.2, 0.25) is 0 Å². The standard InChI is InChI=1S/C5H6N2O2S3/c8-12(9,7-11-10)5-2-1-3-6-4-5/h1-4,7,10H. The highest BCUT2D eigenvalue weighted by Crippen LogP contribution is 2.10. The highest BCUT2D eigenvalue weighted by molar-refractivity contribution is 8.69. The first-order valence-corrected chi connectivity index (χ1v) is 6.24. The minimum atomic E-state index is -3.44. The third-order valence-electron chi connectivity index (χ3n) is 1.09. The molecule has 0 saturated heterocycles. The molecule has 0 aliphatic rings. The molecule has 0 aromatic carbocycles. The van der Waals surface area contributed by atoms with Gasteiger partial charge in [0.15, 0.2) is 0 Å². The van der Waals surface area contributed by atoms with Crippen LogP contribution in [0.15, 0.2) is 29.4 Å². The molecule has 0 atom stereocenters. The number of rotatable bonds is 3. The molecule has 1 aromatic rings. The van der Waals surface area contributed by atoms with E-state index in [1.54, 1.807) is 6.07 Å². The second kappa shape index (κ2) is 4.13. The Bertz CT molecular complexity index is 337. The van der Waals surface area contributed by atoms with Gasteiger partial charge >= 0.3 is 0 Å². The highest BCUT2D eigenvalue weighted by Gasteiger charge is 2.11. The molecule has 0 spiro atoms. The largest absolute Gasteiger partial charge is 0.263 e. The lowest BCUT2D eigenvalue weighted by atomic mass is 10.5. The van der Waals surface area contributed by atoms with Crippen LogP contribution in [0.25, 0.3) is 0 Å². The fraction of sp³-hybridized carbons (Fsp3) is 0. The normalized spacial score (nSPS) is 11.4. The van der Waals surface area contributed by atoms with Crippen molar-refractivity contribution in [3.8, 4) is 0 Å². The number of sulfonamides is 1. The van der Waals surface area contributed by atoms with E-state index in [1.165, 1.54) is 18.5 Å². The van der Waals surface area contributed by atoms with Crippen molar-refractivity contribution in [2.24, 2.45) is 0 Å². The van der Waals surface area contributed by atoms with Gasteiger partial charge in [0.1, 0.15) is 4.90 Å². The molecule has 0 aliphatic heterocycles. The molecule has 1 N–H and O–H groups in total. The number of aromatic nitrogens is 1. The smallest absolute Gasteiger partial charge is 0.251 e. The third kappa shape index (κ3) is 2.37. The maximum absolute atomic E-state index is 11.2. The van der Waals surface area contributed by atoms with Crippen molar-refractivity contribution < 1.29 is 8.42 Å². The lowest BCUT2D eigenvalue weighted by Crippen LogP contribution is -2.15. The summed E-state index contributed by atoms with van der Waals surface area (Å²) in [6.45, 7) is 0. The van der Waals surface area contributed by atoms with Crippen molar-refractivity contribution in [3.63, 3.8) is 0 Å². The molecule has 12 heavy (non-hydrogen) atoms. The Morgan fingerprint density at radius 3 is 2.83 bits per heavy atom. The molecule has 0 fully saturated rings. The predicted octanol–water partition coefficient (Wildman–Crippen LogP) is 0.853. The van der Waals surface area contributed by atoms with Crippen LogP contribution < -0.4 is 4.13 Å². The van der Waals surface area contributed by atoms with E-state index in [9.17, 15) is 8.42 Å². The van der Waals surface area contributed by atoms with Crippen LogP contribution in [0.3, 0.4) is 0 Å². The van der Waals surface area contributed by atoms with Crippen LogP contribution in [-0.4, -0.2) is 13.4 Å². The zero-order valence-corrected chi connectivity index (χ0v) is 8.36. The first-order chi connectivity index (χ1) is 5.67. The molecule has 1 rings (SSSR count). The molecule has 7 heteroatoms. The van der Waals surface area contributed by atoms with E-state index in [2.05, 4.69) is 20.8 Å². The van der Waals surface area contributed by atoms with Crippen molar-refractivity contribution in [1.82, 2.24) is 9.11 Å². The quantitative estimate of drug-likeness (QED) is 0.452. The first-order valence-electron chi connectivity index (χ1n) is 2.89. The number of thiol groups is 1. The Morgan fingerprint density at radius 2 is 2.33 bits per heavy atom. The lowest BCUT2D eigenvalue weighted by Gasteiger charge is -2.00. The van der Waals surface area contributed by atoms with Gasteiger partial charge in [0.25, 0.3) is 10.0 Å². The van der Waals surface area contributed by atoms with Gasteiger partial charge in [-0.2, -0.15) is 0 Å². The summed E-state index contributed by atoms with van der Waals surface area (Å²) < 4.78 is 24.6. The second-order valence-corrected chi connectivity index (χ2v) is 4.74. The molecular weight excluding hydrogens is 216 g/mol. The topological polar surface area (TPSA) is 59.1 Å². The molecule has 0 saturated carbocycles. The molecule has 0 bridgehead atoms. The Balaban J connectivity index is 2.99. The SMILES string of the molecule is O=S(=O)(NSS)c1cccnc1. The zero-order chi connectivity index (χ0) is 9.03. The Labute approximate surface area is 79.8 Å². The molecule has 1 aromatic heterocycles. The maximum Gasteiger partial charge on any atom is 0.251 e. The number of nitrogens with one attached hydrogen (secondary N) is 1. The fourth-order valence-electron chi connectivity index (χ4n) is 0.603. The number of hydrogen-bond donors (Lipinski definition) is 2. The third-order valence-corrected chi connectivity index (χ3v) is 3.80. The molecule has 0 unspecified atom stereocenters. The summed E-state index contributed by atoms with van der Waals surface area (Å²) in [6, 6.07) is 3.01. The first kappa shape index (κ1) is 9.85. The van der Waals surface area contributed by atoms with Crippen LogP contribution in [-0.2, 0) is 10.0 Å². The number of pyridine rings is 1. The van der Waals surface area contributed by atoms with Gasteiger partial charge in [0.05, 0.1) is 0 Å². The van der Waals surface area contributed by atoms with E-state index in [1.807, 2.05) is 0 Å². The Kier molecular flexibility index (Phi) is 3.39. The maximum atomic E-state index is 11.2. The minimum absolute atomic E-state index is 0.131. The minimum Gasteiger partial charge on any atom is -0.263 e. The van der Waals surface area contributed by atoms with Crippen molar-refractivity contribution >= 4 is 32.7 Å². The lowest BCUT2D eigenvalue weighted by molar-refractivity contribution is 0.594. The summed E-state index contributed by atoms with van der Waals surface area (Å²) >= 11 is 3.67. The van der Waals surface area contributed by atoms with E-state index < -0.39 is 10.0 Å². The van der Waals surface area contributed by atoms with Crippen LogP contribution in [0.5, 0.6) is 0 Å². The average molecular weight is 222 g/mol. The van der Waals surface area contributed by atoms with Crippen LogP contribution in [0.4, 0.5) is 0 Å². The van der Waals surface area contributed by atoms with E-state index in [4.69, 9.17) is 0 Å². The van der Waals surface area contributed by atoms with E-state index in [0.717, 1.165) is 11.0 Å². The Hall–Kier alpha value is -0.240. The van der Waals surface area contributed by atoms with Gasteiger partial charge in [-0.15, -0.1) is 4.13 Å². The van der Waals surface area contributed by atoms with Gasteiger partial charge in [-0.1, -0.05) is 11.7 Å². The summed E-state index contributed by atoms with van der Waals surface area (Å²) in [7, 11) is -2.70. The van der Waals surface area contributed by atoms with Crippen LogP contribution in [0, 0.1) is 0 Å². The van der Waals surface area contributed by atoms with Crippen molar-refractivity contribution in [3.05, 3.63) is 24.5 Å². The van der Waals surface area contributed by atoms with Gasteiger partial charge in [-0.25, -0.2) is 8.42 Å². The van der Waals surface area contributed by atoms with Crippen molar-refractivity contribution in [2.75, 3.05) is 0 Å². The second-order valence-electron chi connectivity index (χ2n) is 1.87. The molecule has 0 radical (unpaired) electrons. The molecule has 1 heterocycles. The summed E-state index contributed by atoms with van der Waals surface area (Å²) in [6.07, 6.45) is 2.78.